The molecule has 4 rings (SSSR count). The van der Waals surface area contributed by atoms with E-state index in [1.54, 1.807) is 44.3 Å². The van der Waals surface area contributed by atoms with Crippen molar-refractivity contribution in [3.8, 4) is 11.6 Å². The summed E-state index contributed by atoms with van der Waals surface area (Å²) in [5, 5.41) is 0.703. The molecule has 1 aromatic carbocycles. The van der Waals surface area contributed by atoms with E-state index in [9.17, 15) is 9.18 Å². The van der Waals surface area contributed by atoms with Crippen LogP contribution in [0, 0.1) is 5.82 Å². The highest BCUT2D eigenvalue weighted by molar-refractivity contribution is 6.02. The Morgan fingerprint density at radius 3 is 2.80 bits per heavy atom. The third-order valence-corrected chi connectivity index (χ3v) is 4.19. The van der Waals surface area contributed by atoms with Crippen LogP contribution in [0.4, 0.5) is 4.39 Å². The van der Waals surface area contributed by atoms with Gasteiger partial charge in [-0.05, 0) is 38.1 Å². The monoisotopic (exact) mass is 339 g/mol. The molecular formula is C19H14FNO4. The van der Waals surface area contributed by atoms with Crippen molar-refractivity contribution >= 4 is 22.5 Å². The highest BCUT2D eigenvalue weighted by Gasteiger charge is 2.30. The number of esters is 1. The average molecular weight is 339 g/mol. The Hall–Kier alpha value is -3.15. The highest BCUT2D eigenvalue weighted by atomic mass is 19.1. The van der Waals surface area contributed by atoms with Gasteiger partial charge >= 0.3 is 5.97 Å². The first kappa shape index (κ1) is 15.4. The number of pyridine rings is 1. The van der Waals surface area contributed by atoms with Gasteiger partial charge in [-0.3, -0.25) is 0 Å². The molecule has 126 valence electrons. The van der Waals surface area contributed by atoms with Gasteiger partial charge in [-0.15, -0.1) is 0 Å². The van der Waals surface area contributed by atoms with Crippen molar-refractivity contribution in [2.24, 2.45) is 0 Å². The number of hydrogen-bond acceptors (Lipinski definition) is 5. The quantitative estimate of drug-likeness (QED) is 0.659. The summed E-state index contributed by atoms with van der Waals surface area (Å²) < 4.78 is 30.7. The largest absolute Gasteiger partial charge is 0.464 e. The third-order valence-electron chi connectivity index (χ3n) is 4.19. The minimum absolute atomic E-state index is 0.304. The van der Waals surface area contributed by atoms with E-state index in [2.05, 4.69) is 4.98 Å². The van der Waals surface area contributed by atoms with Crippen LogP contribution in [0.3, 0.4) is 0 Å². The third kappa shape index (κ3) is 2.55. The Morgan fingerprint density at radius 1 is 1.24 bits per heavy atom. The van der Waals surface area contributed by atoms with Crippen molar-refractivity contribution in [1.82, 2.24) is 4.98 Å². The summed E-state index contributed by atoms with van der Waals surface area (Å²) in [6.07, 6.45) is 2.62. The lowest BCUT2D eigenvalue weighted by Crippen LogP contribution is -2.06. The molecule has 1 unspecified atom stereocenters. The molecule has 3 heterocycles. The van der Waals surface area contributed by atoms with E-state index >= 15 is 0 Å². The molecule has 3 aromatic rings. The van der Waals surface area contributed by atoms with E-state index in [1.165, 1.54) is 12.3 Å². The van der Waals surface area contributed by atoms with Crippen LogP contribution >= 0.6 is 0 Å². The molecule has 0 amide bonds. The van der Waals surface area contributed by atoms with Crippen LogP contribution in [0.15, 0.2) is 52.8 Å². The van der Waals surface area contributed by atoms with Crippen molar-refractivity contribution in [2.75, 3.05) is 0 Å². The van der Waals surface area contributed by atoms with Crippen LogP contribution in [0.2, 0.25) is 0 Å². The van der Waals surface area contributed by atoms with E-state index in [-0.39, 0.29) is 0 Å². The average Bonchev–Trinajstić information content (AvgIpc) is 3.15. The topological polar surface area (TPSA) is 61.6 Å². The first-order chi connectivity index (χ1) is 12.0. The van der Waals surface area contributed by atoms with Gasteiger partial charge in [0.2, 0.25) is 5.88 Å². The number of hydrogen-bond donors (Lipinski definition) is 0. The van der Waals surface area contributed by atoms with Gasteiger partial charge in [-0.1, -0.05) is 0 Å². The van der Waals surface area contributed by atoms with Gasteiger partial charge in [-0.25, -0.2) is 14.2 Å². The Labute approximate surface area is 142 Å². The standard InChI is InChI=1S/C19H14FNO4/c1-10-17(11(2)24-19(10)22)13-4-3-12(9-15(13)20)25-18-14-6-8-23-16(14)5-7-21-18/h3-9,11H,1-2H3. The summed E-state index contributed by atoms with van der Waals surface area (Å²) >= 11 is 0. The van der Waals surface area contributed by atoms with Crippen molar-refractivity contribution in [1.29, 1.82) is 0 Å². The van der Waals surface area contributed by atoms with E-state index in [4.69, 9.17) is 13.9 Å². The summed E-state index contributed by atoms with van der Waals surface area (Å²) in [5.74, 6) is -0.269. The second-order valence-corrected chi connectivity index (χ2v) is 5.78. The molecule has 0 spiro atoms. The molecule has 0 saturated heterocycles. The molecule has 0 aliphatic carbocycles. The molecular weight excluding hydrogens is 325 g/mol. The van der Waals surface area contributed by atoms with E-state index < -0.39 is 17.9 Å². The van der Waals surface area contributed by atoms with Gasteiger partial charge in [0, 0.05) is 29.0 Å². The number of benzene rings is 1. The highest BCUT2D eigenvalue weighted by Crippen LogP contribution is 2.35. The summed E-state index contributed by atoms with van der Waals surface area (Å²) in [4.78, 5) is 15.8. The smallest absolute Gasteiger partial charge is 0.334 e. The number of rotatable bonds is 3. The number of halogens is 1. The SMILES string of the molecule is CC1=C(c2ccc(Oc3nccc4occc34)cc2F)C(C)OC1=O. The number of carbonyl (C=O) groups excluding carboxylic acids is 1. The van der Waals surface area contributed by atoms with Gasteiger partial charge in [0.25, 0.3) is 0 Å². The maximum Gasteiger partial charge on any atom is 0.334 e. The van der Waals surface area contributed by atoms with Crippen molar-refractivity contribution in [3.63, 3.8) is 0 Å². The number of furan rings is 1. The zero-order chi connectivity index (χ0) is 17.6. The number of fused-ring (bicyclic) bond motifs is 1. The lowest BCUT2D eigenvalue weighted by Gasteiger charge is -2.12. The summed E-state index contributed by atoms with van der Waals surface area (Å²) in [5.41, 5.74) is 1.95. The van der Waals surface area contributed by atoms with E-state index in [0.717, 1.165) is 0 Å². The molecule has 0 radical (unpaired) electrons. The van der Waals surface area contributed by atoms with Gasteiger partial charge in [0.05, 0.1) is 11.6 Å². The summed E-state index contributed by atoms with van der Waals surface area (Å²) in [6, 6.07) is 7.94. The first-order valence-electron chi connectivity index (χ1n) is 7.76. The summed E-state index contributed by atoms with van der Waals surface area (Å²) in [7, 11) is 0. The Morgan fingerprint density at radius 2 is 2.08 bits per heavy atom. The maximum absolute atomic E-state index is 14.6. The van der Waals surface area contributed by atoms with Crippen molar-refractivity contribution in [3.05, 3.63) is 59.7 Å². The molecule has 1 atom stereocenters. The van der Waals surface area contributed by atoms with Crippen LogP contribution in [0.1, 0.15) is 19.4 Å². The van der Waals surface area contributed by atoms with Crippen LogP contribution in [0.5, 0.6) is 11.6 Å². The molecule has 1 aliphatic rings. The fraction of sp³-hybridized carbons (Fsp3) is 0.158. The second kappa shape index (κ2) is 5.73. The van der Waals surface area contributed by atoms with Crippen LogP contribution in [-0.4, -0.2) is 17.1 Å². The minimum Gasteiger partial charge on any atom is -0.464 e. The van der Waals surface area contributed by atoms with Gasteiger partial charge in [-0.2, -0.15) is 0 Å². The molecule has 0 fully saturated rings. The molecule has 0 saturated carbocycles. The Bertz CT molecular complexity index is 1020. The molecule has 1 aliphatic heterocycles. The minimum atomic E-state index is -0.489. The normalized spacial score (nSPS) is 17.2. The maximum atomic E-state index is 14.6. The number of nitrogens with zero attached hydrogens (tertiary/aromatic N) is 1. The van der Waals surface area contributed by atoms with Crippen LogP contribution < -0.4 is 4.74 Å². The molecule has 0 bridgehead atoms. The number of carbonyl (C=O) groups is 1. The van der Waals surface area contributed by atoms with Crippen LogP contribution in [-0.2, 0) is 9.53 Å². The predicted molar refractivity (Wildman–Crippen MR) is 88.6 cm³/mol. The van der Waals surface area contributed by atoms with Crippen molar-refractivity contribution < 1.29 is 23.1 Å². The zero-order valence-electron chi connectivity index (χ0n) is 13.6. The molecule has 5 nitrogen and oxygen atoms in total. The molecule has 6 heteroatoms. The van der Waals surface area contributed by atoms with E-state index in [0.29, 0.717) is 39.3 Å². The lowest BCUT2D eigenvalue weighted by atomic mass is 9.98. The lowest BCUT2D eigenvalue weighted by molar-refractivity contribution is -0.138. The first-order valence-corrected chi connectivity index (χ1v) is 7.76. The fourth-order valence-electron chi connectivity index (χ4n) is 2.98. The van der Waals surface area contributed by atoms with E-state index in [1.807, 2.05) is 0 Å². The molecule has 25 heavy (non-hydrogen) atoms. The number of cyclic esters (lactones) is 1. The molecule has 2 aromatic heterocycles. The van der Waals surface area contributed by atoms with Gasteiger partial charge in [0.15, 0.2) is 0 Å². The van der Waals surface area contributed by atoms with Crippen molar-refractivity contribution in [2.45, 2.75) is 20.0 Å². The summed E-state index contributed by atoms with van der Waals surface area (Å²) in [6.45, 7) is 3.35. The Balaban J connectivity index is 1.69. The molecule has 0 N–H and O–H groups in total. The van der Waals surface area contributed by atoms with Gasteiger partial charge in [0.1, 0.15) is 23.3 Å². The van der Waals surface area contributed by atoms with Crippen LogP contribution in [0.25, 0.3) is 16.5 Å². The fourth-order valence-corrected chi connectivity index (χ4v) is 2.98. The number of aromatic nitrogens is 1. The Kier molecular flexibility index (Phi) is 3.53. The second-order valence-electron chi connectivity index (χ2n) is 5.78. The zero-order valence-corrected chi connectivity index (χ0v) is 13.6. The van der Waals surface area contributed by atoms with Gasteiger partial charge < -0.3 is 13.9 Å². The number of ether oxygens (including phenoxy) is 2. The predicted octanol–water partition coefficient (Wildman–Crippen LogP) is 4.48.